The number of carbonyl (C=O) groups is 2. The van der Waals surface area contributed by atoms with Crippen LogP contribution in [-0.4, -0.2) is 65.4 Å². The third-order valence-electron chi connectivity index (χ3n) is 3.79. The van der Waals surface area contributed by atoms with Gasteiger partial charge < -0.3 is 9.64 Å². The minimum absolute atomic E-state index is 0.00199. The van der Waals surface area contributed by atoms with Crippen molar-refractivity contribution in [3.8, 4) is 0 Å². The molecule has 6 nitrogen and oxygen atoms in total. The number of aliphatic imine (C=N–C) groups is 1. The zero-order chi connectivity index (χ0) is 16.2. The molecule has 0 N–H and O–H groups in total. The van der Waals surface area contributed by atoms with Gasteiger partial charge in [-0.15, -0.1) is 0 Å². The predicted molar refractivity (Wildman–Crippen MR) is 90.1 cm³/mol. The van der Waals surface area contributed by atoms with E-state index < -0.39 is 0 Å². The average molecular weight is 333 g/mol. The highest BCUT2D eigenvalue weighted by Crippen LogP contribution is 2.24. The number of amidine groups is 1. The van der Waals surface area contributed by atoms with Crippen LogP contribution in [0.2, 0.25) is 0 Å². The minimum atomic E-state index is -0.00199. The minimum Gasteiger partial charge on any atom is -0.378 e. The highest BCUT2D eigenvalue weighted by molar-refractivity contribution is 8.15. The van der Waals surface area contributed by atoms with E-state index in [0.717, 1.165) is 0 Å². The SMILES string of the molecule is CCN1C(=O)CSC1=Nc1cccc(C(=O)N2CCOCC2)c1. The van der Waals surface area contributed by atoms with E-state index in [-0.39, 0.29) is 11.8 Å². The number of thioether (sulfide) groups is 1. The molecule has 0 unspecified atom stereocenters. The van der Waals surface area contributed by atoms with E-state index >= 15 is 0 Å². The number of ether oxygens (including phenoxy) is 1. The first-order chi connectivity index (χ1) is 11.2. The Morgan fingerprint density at radius 2 is 2.13 bits per heavy atom. The van der Waals surface area contributed by atoms with Crippen LogP contribution in [0.3, 0.4) is 0 Å². The van der Waals surface area contributed by atoms with Crippen LogP contribution in [0.25, 0.3) is 0 Å². The molecule has 2 saturated heterocycles. The summed E-state index contributed by atoms with van der Waals surface area (Å²) in [7, 11) is 0. The van der Waals surface area contributed by atoms with E-state index in [9.17, 15) is 9.59 Å². The summed E-state index contributed by atoms with van der Waals surface area (Å²) in [6.45, 7) is 4.93. The Labute approximate surface area is 139 Å². The Balaban J connectivity index is 1.80. The molecule has 0 bridgehead atoms. The molecule has 0 saturated carbocycles. The predicted octanol–water partition coefficient (Wildman–Crippen LogP) is 1.74. The van der Waals surface area contributed by atoms with Crippen molar-refractivity contribution in [3.05, 3.63) is 29.8 Å². The highest BCUT2D eigenvalue weighted by atomic mass is 32.2. The van der Waals surface area contributed by atoms with Gasteiger partial charge in [-0.25, -0.2) is 4.99 Å². The second kappa shape index (κ2) is 7.14. The van der Waals surface area contributed by atoms with Gasteiger partial charge in [0.2, 0.25) is 5.91 Å². The number of hydrogen-bond donors (Lipinski definition) is 0. The summed E-state index contributed by atoms with van der Waals surface area (Å²) in [4.78, 5) is 32.3. The van der Waals surface area contributed by atoms with Crippen molar-refractivity contribution in [3.63, 3.8) is 0 Å². The van der Waals surface area contributed by atoms with Gasteiger partial charge in [0.15, 0.2) is 5.17 Å². The van der Waals surface area contributed by atoms with Gasteiger partial charge in [0.25, 0.3) is 5.91 Å². The summed E-state index contributed by atoms with van der Waals surface area (Å²) in [5, 5.41) is 0.702. The lowest BCUT2D eigenvalue weighted by atomic mass is 10.1. The zero-order valence-corrected chi connectivity index (χ0v) is 13.8. The van der Waals surface area contributed by atoms with Crippen LogP contribution < -0.4 is 0 Å². The summed E-state index contributed by atoms with van der Waals surface area (Å²) in [6, 6.07) is 7.25. The number of morpholine rings is 1. The van der Waals surface area contributed by atoms with Crippen LogP contribution in [0.4, 0.5) is 5.69 Å². The molecule has 0 aliphatic carbocycles. The van der Waals surface area contributed by atoms with Crippen molar-refractivity contribution in [1.82, 2.24) is 9.80 Å². The normalized spacial score (nSPS) is 20.4. The number of amides is 2. The van der Waals surface area contributed by atoms with Gasteiger partial charge in [-0.05, 0) is 25.1 Å². The zero-order valence-electron chi connectivity index (χ0n) is 13.0. The second-order valence-corrected chi connectivity index (χ2v) is 6.22. The molecular formula is C16H19N3O3S. The molecule has 0 spiro atoms. The van der Waals surface area contributed by atoms with Gasteiger partial charge in [0, 0.05) is 25.2 Å². The van der Waals surface area contributed by atoms with Crippen molar-refractivity contribution in [2.45, 2.75) is 6.92 Å². The maximum Gasteiger partial charge on any atom is 0.254 e. The molecule has 23 heavy (non-hydrogen) atoms. The third-order valence-corrected chi connectivity index (χ3v) is 4.75. The lowest BCUT2D eigenvalue weighted by molar-refractivity contribution is -0.123. The summed E-state index contributed by atoms with van der Waals surface area (Å²) in [5.74, 6) is 0.508. The molecule has 0 aromatic heterocycles. The Bertz CT molecular complexity index is 641. The van der Waals surface area contributed by atoms with Crippen molar-refractivity contribution in [2.75, 3.05) is 38.6 Å². The molecule has 3 rings (SSSR count). The highest BCUT2D eigenvalue weighted by Gasteiger charge is 2.26. The summed E-state index contributed by atoms with van der Waals surface area (Å²) >= 11 is 1.43. The summed E-state index contributed by atoms with van der Waals surface area (Å²) in [5.41, 5.74) is 1.31. The first kappa shape index (κ1) is 16.0. The second-order valence-electron chi connectivity index (χ2n) is 5.28. The molecule has 2 amide bonds. The lowest BCUT2D eigenvalue weighted by Gasteiger charge is -2.26. The number of benzene rings is 1. The fourth-order valence-electron chi connectivity index (χ4n) is 2.56. The van der Waals surface area contributed by atoms with Gasteiger partial charge in [-0.2, -0.15) is 0 Å². The molecule has 122 valence electrons. The van der Waals surface area contributed by atoms with Gasteiger partial charge >= 0.3 is 0 Å². The van der Waals surface area contributed by atoms with E-state index in [4.69, 9.17) is 4.74 Å². The lowest BCUT2D eigenvalue weighted by Crippen LogP contribution is -2.40. The molecule has 0 radical (unpaired) electrons. The van der Waals surface area contributed by atoms with Crippen LogP contribution in [0.15, 0.2) is 29.3 Å². The number of nitrogens with zero attached hydrogens (tertiary/aromatic N) is 3. The van der Waals surface area contributed by atoms with Crippen LogP contribution in [0.1, 0.15) is 17.3 Å². The fraction of sp³-hybridized carbons (Fsp3) is 0.438. The summed E-state index contributed by atoms with van der Waals surface area (Å²) in [6.07, 6.45) is 0. The molecule has 2 aliphatic heterocycles. The van der Waals surface area contributed by atoms with Crippen molar-refractivity contribution < 1.29 is 14.3 Å². The van der Waals surface area contributed by atoms with Gasteiger partial charge in [0.1, 0.15) is 0 Å². The van der Waals surface area contributed by atoms with E-state index in [1.165, 1.54) is 11.8 Å². The van der Waals surface area contributed by atoms with Crippen LogP contribution in [-0.2, 0) is 9.53 Å². The van der Waals surface area contributed by atoms with E-state index in [1.54, 1.807) is 21.9 Å². The van der Waals surface area contributed by atoms with Crippen LogP contribution in [0.5, 0.6) is 0 Å². The fourth-order valence-corrected chi connectivity index (χ4v) is 3.53. The van der Waals surface area contributed by atoms with Crippen LogP contribution in [0, 0.1) is 0 Å². The first-order valence-corrected chi connectivity index (χ1v) is 8.66. The summed E-state index contributed by atoms with van der Waals surface area (Å²) < 4.78 is 5.28. The van der Waals surface area contributed by atoms with E-state index in [1.807, 2.05) is 19.1 Å². The van der Waals surface area contributed by atoms with Gasteiger partial charge in [-0.1, -0.05) is 17.8 Å². The largest absolute Gasteiger partial charge is 0.378 e. The Morgan fingerprint density at radius 1 is 1.35 bits per heavy atom. The van der Waals surface area contributed by atoms with Crippen molar-refractivity contribution in [2.24, 2.45) is 4.99 Å². The molecule has 2 aliphatic rings. The molecule has 1 aromatic rings. The maximum atomic E-state index is 12.5. The van der Waals surface area contributed by atoms with Gasteiger partial charge in [-0.3, -0.25) is 14.5 Å². The van der Waals surface area contributed by atoms with Crippen molar-refractivity contribution in [1.29, 1.82) is 0 Å². The molecular weight excluding hydrogens is 314 g/mol. The smallest absolute Gasteiger partial charge is 0.254 e. The number of hydrogen-bond acceptors (Lipinski definition) is 5. The topological polar surface area (TPSA) is 62.2 Å². The molecule has 7 heteroatoms. The maximum absolute atomic E-state index is 12.5. The standard InChI is InChI=1S/C16H19N3O3S/c1-2-19-14(20)11-23-16(19)17-13-5-3-4-12(10-13)15(21)18-6-8-22-9-7-18/h3-5,10H,2,6-9,11H2,1H3. The monoisotopic (exact) mass is 333 g/mol. The average Bonchev–Trinajstić information content (AvgIpc) is 2.94. The molecule has 1 aromatic carbocycles. The van der Waals surface area contributed by atoms with E-state index in [0.29, 0.717) is 55.0 Å². The van der Waals surface area contributed by atoms with Crippen molar-refractivity contribution >= 4 is 34.4 Å². The third kappa shape index (κ3) is 3.56. The van der Waals surface area contributed by atoms with Crippen LogP contribution >= 0.6 is 11.8 Å². The molecule has 2 fully saturated rings. The Morgan fingerprint density at radius 3 is 2.87 bits per heavy atom. The Kier molecular flexibility index (Phi) is 4.97. The van der Waals surface area contributed by atoms with Gasteiger partial charge in [0.05, 0.1) is 24.7 Å². The molecule has 2 heterocycles. The Hall–Kier alpha value is -1.86. The molecule has 0 atom stereocenters. The van der Waals surface area contributed by atoms with E-state index in [2.05, 4.69) is 4.99 Å². The quantitative estimate of drug-likeness (QED) is 0.845. The first-order valence-electron chi connectivity index (χ1n) is 7.68. The number of carbonyl (C=O) groups excluding carboxylic acids is 2. The number of rotatable bonds is 3.